The lowest BCUT2D eigenvalue weighted by atomic mass is 10.1. The van der Waals surface area contributed by atoms with Crippen molar-refractivity contribution in [2.24, 2.45) is 5.73 Å². The molecule has 1 fully saturated rings. The molecular weight excluding hydrogens is 202 g/mol. The largest absolute Gasteiger partial charge is 0.506 e. The molecule has 90 valence electrons. The minimum absolute atomic E-state index is 0.250. The Morgan fingerprint density at radius 2 is 2.25 bits per heavy atom. The van der Waals surface area contributed by atoms with Crippen LogP contribution in [-0.4, -0.2) is 53.2 Å². The van der Waals surface area contributed by atoms with E-state index in [0.29, 0.717) is 18.3 Å². The van der Waals surface area contributed by atoms with E-state index in [4.69, 9.17) is 5.73 Å². The highest BCUT2D eigenvalue weighted by Gasteiger charge is 2.30. The van der Waals surface area contributed by atoms with Gasteiger partial charge in [0.05, 0.1) is 11.7 Å². The van der Waals surface area contributed by atoms with Crippen molar-refractivity contribution in [2.75, 3.05) is 26.2 Å². The molecule has 4 nitrogen and oxygen atoms in total. The van der Waals surface area contributed by atoms with Crippen LogP contribution in [0.2, 0.25) is 0 Å². The molecule has 1 saturated heterocycles. The van der Waals surface area contributed by atoms with E-state index in [-0.39, 0.29) is 6.04 Å². The van der Waals surface area contributed by atoms with E-state index in [1.807, 2.05) is 6.08 Å². The molecule has 0 amide bonds. The number of fused-ring (bicyclic) bond motifs is 1. The standard InChI is InChI=1S/C12H21N3O/c1-9(2)14-5-6-15-10(7-13)3-4-12(16)11(15)8-14/h3-4,9-10,16H,5-8,13H2,1-2H3. The Morgan fingerprint density at radius 1 is 1.50 bits per heavy atom. The molecule has 0 saturated carbocycles. The van der Waals surface area contributed by atoms with Crippen molar-refractivity contribution in [1.82, 2.24) is 9.80 Å². The normalized spacial score (nSPS) is 26.5. The predicted molar refractivity (Wildman–Crippen MR) is 65.1 cm³/mol. The summed E-state index contributed by atoms with van der Waals surface area (Å²) in [4.78, 5) is 4.60. The molecule has 0 spiro atoms. The molecule has 4 heteroatoms. The number of nitrogens with two attached hydrogens (primary N) is 1. The molecule has 0 aromatic carbocycles. The monoisotopic (exact) mass is 223 g/mol. The van der Waals surface area contributed by atoms with Crippen LogP contribution in [0.5, 0.6) is 0 Å². The maximum absolute atomic E-state index is 9.90. The van der Waals surface area contributed by atoms with Gasteiger partial charge in [0.15, 0.2) is 0 Å². The number of piperazine rings is 1. The number of aliphatic hydroxyl groups is 1. The van der Waals surface area contributed by atoms with Gasteiger partial charge in [-0.2, -0.15) is 0 Å². The summed E-state index contributed by atoms with van der Waals surface area (Å²) < 4.78 is 0. The zero-order valence-electron chi connectivity index (χ0n) is 10.1. The molecule has 1 unspecified atom stereocenters. The Labute approximate surface area is 97.0 Å². The van der Waals surface area contributed by atoms with Gasteiger partial charge < -0.3 is 15.7 Å². The summed E-state index contributed by atoms with van der Waals surface area (Å²) in [6.45, 7) is 7.79. The summed E-state index contributed by atoms with van der Waals surface area (Å²) in [6, 6.07) is 0.768. The Morgan fingerprint density at radius 3 is 2.88 bits per heavy atom. The average molecular weight is 223 g/mol. The third-order valence-corrected chi connectivity index (χ3v) is 3.47. The van der Waals surface area contributed by atoms with Crippen molar-refractivity contribution in [3.05, 3.63) is 23.6 Å². The molecule has 16 heavy (non-hydrogen) atoms. The predicted octanol–water partition coefficient (Wildman–Crippen LogP) is 0.679. The molecular formula is C12H21N3O. The van der Waals surface area contributed by atoms with E-state index < -0.39 is 0 Å². The smallest absolute Gasteiger partial charge is 0.135 e. The van der Waals surface area contributed by atoms with Gasteiger partial charge in [0.1, 0.15) is 5.76 Å². The zero-order valence-corrected chi connectivity index (χ0v) is 10.1. The van der Waals surface area contributed by atoms with Crippen LogP contribution < -0.4 is 5.73 Å². The fourth-order valence-corrected chi connectivity index (χ4v) is 2.38. The second-order valence-electron chi connectivity index (χ2n) is 4.75. The van der Waals surface area contributed by atoms with Gasteiger partial charge in [0.25, 0.3) is 0 Å². The number of rotatable bonds is 2. The molecule has 0 aromatic heterocycles. The van der Waals surface area contributed by atoms with E-state index in [0.717, 1.165) is 25.3 Å². The van der Waals surface area contributed by atoms with Gasteiger partial charge in [0, 0.05) is 32.2 Å². The molecule has 2 rings (SSSR count). The van der Waals surface area contributed by atoms with Crippen LogP contribution in [-0.2, 0) is 0 Å². The molecule has 0 aliphatic carbocycles. The van der Waals surface area contributed by atoms with Crippen LogP contribution in [0.4, 0.5) is 0 Å². The molecule has 0 radical (unpaired) electrons. The number of allylic oxidation sites excluding steroid dienone is 1. The lowest BCUT2D eigenvalue weighted by Crippen LogP contribution is -2.53. The van der Waals surface area contributed by atoms with E-state index in [9.17, 15) is 5.11 Å². The third-order valence-electron chi connectivity index (χ3n) is 3.47. The Kier molecular flexibility index (Phi) is 3.21. The molecule has 3 N–H and O–H groups in total. The minimum atomic E-state index is 0.250. The highest BCUT2D eigenvalue weighted by Crippen LogP contribution is 2.24. The van der Waals surface area contributed by atoms with Crippen LogP contribution in [0, 0.1) is 0 Å². The number of hydrogen-bond donors (Lipinski definition) is 2. The first-order valence-electron chi connectivity index (χ1n) is 5.94. The van der Waals surface area contributed by atoms with E-state index in [2.05, 4.69) is 23.6 Å². The van der Waals surface area contributed by atoms with Gasteiger partial charge in [-0.25, -0.2) is 0 Å². The summed E-state index contributed by atoms with van der Waals surface area (Å²) in [5.74, 6) is 0.398. The molecule has 2 aliphatic heterocycles. The number of aliphatic hydroxyl groups excluding tert-OH is 1. The van der Waals surface area contributed by atoms with Crippen molar-refractivity contribution in [2.45, 2.75) is 25.9 Å². The maximum Gasteiger partial charge on any atom is 0.135 e. The SMILES string of the molecule is CC(C)N1CCN2C(=C(O)C=CC2CN)C1. The van der Waals surface area contributed by atoms with E-state index in [1.54, 1.807) is 6.08 Å². The Balaban J connectivity index is 2.19. The highest BCUT2D eigenvalue weighted by molar-refractivity contribution is 5.28. The van der Waals surface area contributed by atoms with Crippen molar-refractivity contribution < 1.29 is 5.11 Å². The van der Waals surface area contributed by atoms with Gasteiger partial charge >= 0.3 is 0 Å². The third kappa shape index (κ3) is 1.95. The van der Waals surface area contributed by atoms with Crippen LogP contribution in [0.1, 0.15) is 13.8 Å². The van der Waals surface area contributed by atoms with E-state index >= 15 is 0 Å². The Bertz CT molecular complexity index is 322. The van der Waals surface area contributed by atoms with Crippen molar-refractivity contribution in [1.29, 1.82) is 0 Å². The first kappa shape index (κ1) is 11.5. The average Bonchev–Trinajstić information content (AvgIpc) is 2.29. The number of nitrogens with zero attached hydrogens (tertiary/aromatic N) is 2. The van der Waals surface area contributed by atoms with Gasteiger partial charge in [-0.1, -0.05) is 6.08 Å². The van der Waals surface area contributed by atoms with Crippen molar-refractivity contribution in [3.8, 4) is 0 Å². The quantitative estimate of drug-likeness (QED) is 0.723. The molecule has 1 atom stereocenters. The van der Waals surface area contributed by atoms with Crippen LogP contribution in [0.3, 0.4) is 0 Å². The summed E-state index contributed by atoms with van der Waals surface area (Å²) in [5, 5.41) is 9.90. The first-order valence-corrected chi connectivity index (χ1v) is 5.94. The first-order chi connectivity index (χ1) is 7.63. The van der Waals surface area contributed by atoms with E-state index in [1.165, 1.54) is 0 Å². The molecule has 0 aromatic rings. The molecule has 2 aliphatic rings. The lowest BCUT2D eigenvalue weighted by molar-refractivity contribution is 0.122. The number of hydrogen-bond acceptors (Lipinski definition) is 4. The van der Waals surface area contributed by atoms with Crippen LogP contribution >= 0.6 is 0 Å². The van der Waals surface area contributed by atoms with Gasteiger partial charge in [-0.05, 0) is 19.9 Å². The second kappa shape index (κ2) is 4.47. The second-order valence-corrected chi connectivity index (χ2v) is 4.75. The summed E-state index contributed by atoms with van der Waals surface area (Å²) in [7, 11) is 0. The van der Waals surface area contributed by atoms with Gasteiger partial charge in [-0.15, -0.1) is 0 Å². The molecule has 0 bridgehead atoms. The zero-order chi connectivity index (χ0) is 11.7. The van der Waals surface area contributed by atoms with Crippen LogP contribution in [0.15, 0.2) is 23.6 Å². The van der Waals surface area contributed by atoms with Gasteiger partial charge in [-0.3, -0.25) is 4.90 Å². The molecule has 2 heterocycles. The lowest BCUT2D eigenvalue weighted by Gasteiger charge is -2.44. The minimum Gasteiger partial charge on any atom is -0.506 e. The van der Waals surface area contributed by atoms with Gasteiger partial charge in [0.2, 0.25) is 0 Å². The summed E-state index contributed by atoms with van der Waals surface area (Å²) in [6.07, 6.45) is 3.77. The highest BCUT2D eigenvalue weighted by atomic mass is 16.3. The Hall–Kier alpha value is -1.00. The van der Waals surface area contributed by atoms with Crippen LogP contribution in [0.25, 0.3) is 0 Å². The fraction of sp³-hybridized carbons (Fsp3) is 0.667. The maximum atomic E-state index is 9.90. The summed E-state index contributed by atoms with van der Waals surface area (Å²) in [5.41, 5.74) is 6.77. The fourth-order valence-electron chi connectivity index (χ4n) is 2.38. The van der Waals surface area contributed by atoms with Crippen molar-refractivity contribution >= 4 is 0 Å². The topological polar surface area (TPSA) is 52.7 Å². The van der Waals surface area contributed by atoms with Crippen molar-refractivity contribution in [3.63, 3.8) is 0 Å². The summed E-state index contributed by atoms with van der Waals surface area (Å²) >= 11 is 0.